The molecular formula is C12H27NO2. The SMILES string of the molecule is CCCCOCCOCCNC(C)CC. The van der Waals surface area contributed by atoms with Gasteiger partial charge in [-0.15, -0.1) is 0 Å². The quantitative estimate of drug-likeness (QED) is 0.538. The van der Waals surface area contributed by atoms with Crippen LogP contribution in [0.3, 0.4) is 0 Å². The average molecular weight is 217 g/mol. The van der Waals surface area contributed by atoms with Crippen LogP contribution in [-0.2, 0) is 9.47 Å². The number of unbranched alkanes of at least 4 members (excludes halogenated alkanes) is 1. The molecule has 0 fully saturated rings. The van der Waals surface area contributed by atoms with Crippen molar-refractivity contribution >= 4 is 0 Å². The van der Waals surface area contributed by atoms with Gasteiger partial charge in [0, 0.05) is 19.2 Å². The highest BCUT2D eigenvalue weighted by atomic mass is 16.5. The van der Waals surface area contributed by atoms with E-state index in [9.17, 15) is 0 Å². The Morgan fingerprint density at radius 1 is 1.00 bits per heavy atom. The van der Waals surface area contributed by atoms with Crippen LogP contribution in [0.4, 0.5) is 0 Å². The molecule has 92 valence electrons. The molecule has 0 aliphatic carbocycles. The van der Waals surface area contributed by atoms with Crippen molar-refractivity contribution in [2.45, 2.75) is 46.1 Å². The average Bonchev–Trinajstić information content (AvgIpc) is 2.26. The van der Waals surface area contributed by atoms with Crippen molar-refractivity contribution in [3.63, 3.8) is 0 Å². The van der Waals surface area contributed by atoms with Gasteiger partial charge in [-0.2, -0.15) is 0 Å². The first kappa shape index (κ1) is 14.9. The van der Waals surface area contributed by atoms with Crippen molar-refractivity contribution in [3.05, 3.63) is 0 Å². The summed E-state index contributed by atoms with van der Waals surface area (Å²) in [5, 5.41) is 3.38. The highest BCUT2D eigenvalue weighted by Crippen LogP contribution is 1.88. The lowest BCUT2D eigenvalue weighted by Gasteiger charge is -2.11. The second-order valence-electron chi connectivity index (χ2n) is 3.84. The summed E-state index contributed by atoms with van der Waals surface area (Å²) < 4.78 is 10.8. The molecule has 0 aromatic carbocycles. The van der Waals surface area contributed by atoms with E-state index in [4.69, 9.17) is 9.47 Å². The molecule has 0 saturated heterocycles. The summed E-state index contributed by atoms with van der Waals surface area (Å²) in [6, 6.07) is 0.592. The summed E-state index contributed by atoms with van der Waals surface area (Å²) >= 11 is 0. The van der Waals surface area contributed by atoms with Crippen LogP contribution in [0.1, 0.15) is 40.0 Å². The van der Waals surface area contributed by atoms with Gasteiger partial charge in [-0.1, -0.05) is 20.3 Å². The number of rotatable bonds is 11. The lowest BCUT2D eigenvalue weighted by Crippen LogP contribution is -2.29. The maximum Gasteiger partial charge on any atom is 0.0701 e. The molecule has 0 aliphatic rings. The maximum atomic E-state index is 5.42. The van der Waals surface area contributed by atoms with Crippen LogP contribution in [-0.4, -0.2) is 39.0 Å². The van der Waals surface area contributed by atoms with E-state index in [0.717, 1.165) is 32.8 Å². The van der Waals surface area contributed by atoms with E-state index in [2.05, 4.69) is 26.1 Å². The normalized spacial score (nSPS) is 13.0. The monoisotopic (exact) mass is 217 g/mol. The molecular weight excluding hydrogens is 190 g/mol. The lowest BCUT2D eigenvalue weighted by atomic mass is 10.3. The molecule has 0 rings (SSSR count). The fourth-order valence-corrected chi connectivity index (χ4v) is 1.09. The van der Waals surface area contributed by atoms with E-state index < -0.39 is 0 Å². The number of ether oxygens (including phenoxy) is 2. The molecule has 3 heteroatoms. The third-order valence-corrected chi connectivity index (χ3v) is 2.37. The first-order valence-electron chi connectivity index (χ1n) is 6.20. The predicted molar refractivity (Wildman–Crippen MR) is 64.3 cm³/mol. The molecule has 1 atom stereocenters. The van der Waals surface area contributed by atoms with Crippen LogP contribution in [0, 0.1) is 0 Å². The Morgan fingerprint density at radius 3 is 2.27 bits per heavy atom. The van der Waals surface area contributed by atoms with Crippen molar-refractivity contribution in [2.24, 2.45) is 0 Å². The second-order valence-corrected chi connectivity index (χ2v) is 3.84. The Labute approximate surface area is 94.5 Å². The molecule has 0 aromatic rings. The molecule has 3 nitrogen and oxygen atoms in total. The minimum Gasteiger partial charge on any atom is -0.379 e. The van der Waals surface area contributed by atoms with Gasteiger partial charge in [0.2, 0.25) is 0 Å². The van der Waals surface area contributed by atoms with Gasteiger partial charge in [-0.25, -0.2) is 0 Å². The van der Waals surface area contributed by atoms with Crippen LogP contribution in [0.15, 0.2) is 0 Å². The Balaban J connectivity index is 2.92. The van der Waals surface area contributed by atoms with E-state index >= 15 is 0 Å². The van der Waals surface area contributed by atoms with Crippen molar-refractivity contribution in [1.29, 1.82) is 0 Å². The van der Waals surface area contributed by atoms with Gasteiger partial charge in [0.1, 0.15) is 0 Å². The third-order valence-electron chi connectivity index (χ3n) is 2.37. The second kappa shape index (κ2) is 12.0. The fourth-order valence-electron chi connectivity index (χ4n) is 1.09. The van der Waals surface area contributed by atoms with Crippen LogP contribution in [0.5, 0.6) is 0 Å². The van der Waals surface area contributed by atoms with E-state index in [-0.39, 0.29) is 0 Å². The first-order chi connectivity index (χ1) is 7.31. The minimum atomic E-state index is 0.592. The van der Waals surface area contributed by atoms with Gasteiger partial charge < -0.3 is 14.8 Å². The first-order valence-corrected chi connectivity index (χ1v) is 6.20. The van der Waals surface area contributed by atoms with E-state index in [1.54, 1.807) is 0 Å². The zero-order valence-corrected chi connectivity index (χ0v) is 10.6. The zero-order chi connectivity index (χ0) is 11.4. The molecule has 0 radical (unpaired) electrons. The molecule has 15 heavy (non-hydrogen) atoms. The number of nitrogens with one attached hydrogen (secondary N) is 1. The van der Waals surface area contributed by atoms with Crippen molar-refractivity contribution in [1.82, 2.24) is 5.32 Å². The summed E-state index contributed by atoms with van der Waals surface area (Å²) in [6.45, 7) is 10.6. The van der Waals surface area contributed by atoms with Crippen molar-refractivity contribution in [3.8, 4) is 0 Å². The van der Waals surface area contributed by atoms with Crippen LogP contribution in [0.25, 0.3) is 0 Å². The van der Waals surface area contributed by atoms with E-state index in [1.807, 2.05) is 0 Å². The van der Waals surface area contributed by atoms with Crippen LogP contribution >= 0.6 is 0 Å². The van der Waals surface area contributed by atoms with Crippen LogP contribution in [0.2, 0.25) is 0 Å². The number of hydrogen-bond donors (Lipinski definition) is 1. The van der Waals surface area contributed by atoms with Gasteiger partial charge in [-0.05, 0) is 19.8 Å². The molecule has 1 unspecified atom stereocenters. The Hall–Kier alpha value is -0.120. The molecule has 0 heterocycles. The van der Waals surface area contributed by atoms with Crippen molar-refractivity contribution < 1.29 is 9.47 Å². The summed E-state index contributed by atoms with van der Waals surface area (Å²) in [5.41, 5.74) is 0. The molecule has 0 aliphatic heterocycles. The van der Waals surface area contributed by atoms with Crippen molar-refractivity contribution in [2.75, 3.05) is 33.0 Å². The van der Waals surface area contributed by atoms with E-state index in [1.165, 1.54) is 12.8 Å². The summed E-state index contributed by atoms with van der Waals surface area (Å²) in [5.74, 6) is 0. The maximum absolute atomic E-state index is 5.42. The topological polar surface area (TPSA) is 30.5 Å². The standard InChI is InChI=1S/C12H27NO2/c1-4-6-8-14-10-11-15-9-7-13-12(3)5-2/h12-13H,4-11H2,1-3H3. The van der Waals surface area contributed by atoms with Gasteiger partial charge in [-0.3, -0.25) is 0 Å². The molecule has 1 N–H and O–H groups in total. The summed E-state index contributed by atoms with van der Waals surface area (Å²) in [7, 11) is 0. The van der Waals surface area contributed by atoms with Gasteiger partial charge in [0.25, 0.3) is 0 Å². The molecule has 0 saturated carbocycles. The summed E-state index contributed by atoms with van der Waals surface area (Å²) in [4.78, 5) is 0. The lowest BCUT2D eigenvalue weighted by molar-refractivity contribution is 0.0473. The Kier molecular flexibility index (Phi) is 11.9. The smallest absolute Gasteiger partial charge is 0.0701 e. The zero-order valence-electron chi connectivity index (χ0n) is 10.6. The highest BCUT2D eigenvalue weighted by molar-refractivity contribution is 4.55. The molecule has 0 aromatic heterocycles. The minimum absolute atomic E-state index is 0.592. The van der Waals surface area contributed by atoms with Gasteiger partial charge in [0.05, 0.1) is 19.8 Å². The number of hydrogen-bond acceptors (Lipinski definition) is 3. The van der Waals surface area contributed by atoms with Crippen LogP contribution < -0.4 is 5.32 Å². The van der Waals surface area contributed by atoms with Gasteiger partial charge in [0.15, 0.2) is 0 Å². The van der Waals surface area contributed by atoms with Gasteiger partial charge >= 0.3 is 0 Å². The largest absolute Gasteiger partial charge is 0.379 e. The predicted octanol–water partition coefficient (Wildman–Crippen LogP) is 2.21. The Morgan fingerprint density at radius 2 is 1.67 bits per heavy atom. The third kappa shape index (κ3) is 11.8. The molecule has 0 spiro atoms. The Bertz CT molecular complexity index is 120. The summed E-state index contributed by atoms with van der Waals surface area (Å²) in [6.07, 6.45) is 3.51. The fraction of sp³-hybridized carbons (Fsp3) is 1.00. The van der Waals surface area contributed by atoms with E-state index in [0.29, 0.717) is 12.6 Å². The highest BCUT2D eigenvalue weighted by Gasteiger charge is 1.95. The molecule has 0 amide bonds. The molecule has 0 bridgehead atoms.